The third kappa shape index (κ3) is 4.85. The lowest BCUT2D eigenvalue weighted by atomic mass is 10.1. The van der Waals surface area contributed by atoms with Gasteiger partial charge in [-0.15, -0.1) is 24.0 Å². The zero-order chi connectivity index (χ0) is 16.1. The standard InChI is InChI=1S/C19H29N3O.HI/c1-3-20-19(22-10-9-16(13-22)14-23-2)21-12-15-7-8-17-5-4-6-18(17)11-15;/h7-8,11,16H,3-6,9-10,12-14H2,1-2H3,(H,20,21);1H. The van der Waals surface area contributed by atoms with Gasteiger partial charge in [-0.1, -0.05) is 18.2 Å². The number of hydrogen-bond donors (Lipinski definition) is 1. The highest BCUT2D eigenvalue weighted by molar-refractivity contribution is 14.0. The van der Waals surface area contributed by atoms with Crippen molar-refractivity contribution >= 4 is 29.9 Å². The zero-order valence-electron chi connectivity index (χ0n) is 14.9. The molecule has 1 unspecified atom stereocenters. The molecule has 134 valence electrons. The van der Waals surface area contributed by atoms with Gasteiger partial charge in [-0.25, -0.2) is 4.99 Å². The summed E-state index contributed by atoms with van der Waals surface area (Å²) in [6, 6.07) is 6.90. The van der Waals surface area contributed by atoms with Gasteiger partial charge in [0.1, 0.15) is 0 Å². The Morgan fingerprint density at radius 3 is 2.96 bits per heavy atom. The summed E-state index contributed by atoms with van der Waals surface area (Å²) in [5.74, 6) is 1.68. The van der Waals surface area contributed by atoms with Crippen molar-refractivity contribution in [2.75, 3.05) is 33.4 Å². The Labute approximate surface area is 163 Å². The van der Waals surface area contributed by atoms with Crippen LogP contribution in [0.2, 0.25) is 0 Å². The molecular weight excluding hydrogens is 413 g/mol. The van der Waals surface area contributed by atoms with Gasteiger partial charge in [-0.2, -0.15) is 0 Å². The summed E-state index contributed by atoms with van der Waals surface area (Å²) in [6.07, 6.45) is 4.98. The molecule has 3 rings (SSSR count). The van der Waals surface area contributed by atoms with E-state index in [0.717, 1.165) is 38.7 Å². The number of hydrogen-bond acceptors (Lipinski definition) is 2. The number of fused-ring (bicyclic) bond motifs is 1. The molecule has 0 bridgehead atoms. The van der Waals surface area contributed by atoms with Crippen molar-refractivity contribution in [3.8, 4) is 0 Å². The van der Waals surface area contributed by atoms with Crippen LogP contribution >= 0.6 is 24.0 Å². The van der Waals surface area contributed by atoms with Gasteiger partial charge >= 0.3 is 0 Å². The Morgan fingerprint density at radius 2 is 2.17 bits per heavy atom. The van der Waals surface area contributed by atoms with Crippen molar-refractivity contribution in [3.63, 3.8) is 0 Å². The summed E-state index contributed by atoms with van der Waals surface area (Å²) in [6.45, 7) is 6.78. The Hall–Kier alpha value is -0.820. The summed E-state index contributed by atoms with van der Waals surface area (Å²) < 4.78 is 5.30. The summed E-state index contributed by atoms with van der Waals surface area (Å²) >= 11 is 0. The highest BCUT2D eigenvalue weighted by atomic mass is 127. The van der Waals surface area contributed by atoms with E-state index in [2.05, 4.69) is 35.3 Å². The maximum Gasteiger partial charge on any atom is 0.194 e. The van der Waals surface area contributed by atoms with E-state index in [0.29, 0.717) is 5.92 Å². The lowest BCUT2D eigenvalue weighted by molar-refractivity contribution is 0.157. The van der Waals surface area contributed by atoms with Crippen LogP contribution in [-0.4, -0.2) is 44.2 Å². The number of methoxy groups -OCH3 is 1. The van der Waals surface area contributed by atoms with E-state index < -0.39 is 0 Å². The van der Waals surface area contributed by atoms with Gasteiger partial charge in [0.25, 0.3) is 0 Å². The van der Waals surface area contributed by atoms with Gasteiger partial charge in [0.05, 0.1) is 13.2 Å². The van der Waals surface area contributed by atoms with Gasteiger partial charge < -0.3 is 15.0 Å². The second kappa shape index (κ2) is 9.61. The van der Waals surface area contributed by atoms with E-state index in [4.69, 9.17) is 9.73 Å². The molecule has 5 heteroatoms. The second-order valence-corrected chi connectivity index (χ2v) is 6.68. The molecule has 0 aromatic heterocycles. The number of rotatable bonds is 5. The SMILES string of the molecule is CCNC(=NCc1ccc2c(c1)CCC2)N1CCC(COC)C1.I. The van der Waals surface area contributed by atoms with Crippen LogP contribution in [0.15, 0.2) is 23.2 Å². The normalized spacial score (nSPS) is 20.0. The monoisotopic (exact) mass is 443 g/mol. The molecule has 1 N–H and O–H groups in total. The molecule has 0 saturated carbocycles. The smallest absolute Gasteiger partial charge is 0.194 e. The minimum absolute atomic E-state index is 0. The van der Waals surface area contributed by atoms with E-state index in [9.17, 15) is 0 Å². The third-order valence-electron chi connectivity index (χ3n) is 4.90. The molecule has 4 nitrogen and oxygen atoms in total. The second-order valence-electron chi connectivity index (χ2n) is 6.68. The molecule has 2 aliphatic rings. The van der Waals surface area contributed by atoms with Crippen LogP contribution in [-0.2, 0) is 24.1 Å². The number of aryl methyl sites for hydroxylation is 2. The summed E-state index contributed by atoms with van der Waals surface area (Å²) in [7, 11) is 1.79. The first-order chi connectivity index (χ1) is 11.3. The topological polar surface area (TPSA) is 36.9 Å². The molecule has 1 fully saturated rings. The minimum Gasteiger partial charge on any atom is -0.384 e. The average molecular weight is 443 g/mol. The lowest BCUT2D eigenvalue weighted by Crippen LogP contribution is -2.40. The molecule has 1 aromatic rings. The number of ether oxygens (including phenoxy) is 1. The van der Waals surface area contributed by atoms with E-state index in [1.54, 1.807) is 7.11 Å². The van der Waals surface area contributed by atoms with Crippen molar-refractivity contribution in [3.05, 3.63) is 34.9 Å². The highest BCUT2D eigenvalue weighted by Gasteiger charge is 2.24. The number of nitrogens with zero attached hydrogens (tertiary/aromatic N) is 2. The third-order valence-corrected chi connectivity index (χ3v) is 4.90. The molecule has 1 atom stereocenters. The minimum atomic E-state index is 0. The quantitative estimate of drug-likeness (QED) is 0.432. The first kappa shape index (κ1) is 19.5. The lowest BCUT2D eigenvalue weighted by Gasteiger charge is -2.21. The fourth-order valence-electron chi connectivity index (χ4n) is 3.71. The number of likely N-dealkylation sites (tertiary alicyclic amines) is 1. The van der Waals surface area contributed by atoms with E-state index >= 15 is 0 Å². The highest BCUT2D eigenvalue weighted by Crippen LogP contribution is 2.23. The Morgan fingerprint density at radius 1 is 1.33 bits per heavy atom. The maximum absolute atomic E-state index is 5.30. The maximum atomic E-state index is 5.30. The van der Waals surface area contributed by atoms with Crippen LogP contribution in [0.1, 0.15) is 36.5 Å². The van der Waals surface area contributed by atoms with Crippen LogP contribution in [0, 0.1) is 5.92 Å². The van der Waals surface area contributed by atoms with Crippen molar-refractivity contribution < 1.29 is 4.74 Å². The van der Waals surface area contributed by atoms with Crippen LogP contribution in [0.3, 0.4) is 0 Å². The number of benzene rings is 1. The molecule has 1 heterocycles. The Kier molecular flexibility index (Phi) is 7.81. The molecule has 1 saturated heterocycles. The van der Waals surface area contributed by atoms with Crippen molar-refractivity contribution in [2.45, 2.75) is 39.2 Å². The van der Waals surface area contributed by atoms with E-state index in [1.807, 2.05) is 0 Å². The molecular formula is C19H30IN3O. The summed E-state index contributed by atoms with van der Waals surface area (Å²) in [5, 5.41) is 3.44. The molecule has 1 aliphatic heterocycles. The van der Waals surface area contributed by atoms with Crippen LogP contribution < -0.4 is 5.32 Å². The Balaban J connectivity index is 0.00000208. The van der Waals surface area contributed by atoms with Crippen molar-refractivity contribution in [1.82, 2.24) is 10.2 Å². The van der Waals surface area contributed by atoms with Crippen LogP contribution in [0.4, 0.5) is 0 Å². The number of guanidine groups is 1. The van der Waals surface area contributed by atoms with Gasteiger partial charge in [0.15, 0.2) is 5.96 Å². The first-order valence-corrected chi connectivity index (χ1v) is 8.93. The number of halogens is 1. The zero-order valence-corrected chi connectivity index (χ0v) is 17.2. The first-order valence-electron chi connectivity index (χ1n) is 8.93. The molecule has 1 aromatic carbocycles. The van der Waals surface area contributed by atoms with Crippen molar-refractivity contribution in [1.29, 1.82) is 0 Å². The van der Waals surface area contributed by atoms with Crippen LogP contribution in [0.25, 0.3) is 0 Å². The molecule has 0 amide bonds. The largest absolute Gasteiger partial charge is 0.384 e. The summed E-state index contributed by atoms with van der Waals surface area (Å²) in [5.41, 5.74) is 4.39. The fourth-order valence-corrected chi connectivity index (χ4v) is 3.71. The van der Waals surface area contributed by atoms with E-state index in [-0.39, 0.29) is 24.0 Å². The van der Waals surface area contributed by atoms with E-state index in [1.165, 1.54) is 42.4 Å². The van der Waals surface area contributed by atoms with Gasteiger partial charge in [-0.05, 0) is 49.3 Å². The van der Waals surface area contributed by atoms with Crippen molar-refractivity contribution in [2.24, 2.45) is 10.9 Å². The fraction of sp³-hybridized carbons (Fsp3) is 0.632. The van der Waals surface area contributed by atoms with Gasteiger partial charge in [0, 0.05) is 32.7 Å². The number of aliphatic imine (C=N–C) groups is 1. The Bertz CT molecular complexity index is 562. The molecule has 0 spiro atoms. The average Bonchev–Trinajstić information content (AvgIpc) is 3.20. The molecule has 24 heavy (non-hydrogen) atoms. The predicted octanol–water partition coefficient (Wildman–Crippen LogP) is 3.23. The molecule has 0 radical (unpaired) electrons. The van der Waals surface area contributed by atoms with Crippen LogP contribution in [0.5, 0.6) is 0 Å². The summed E-state index contributed by atoms with van der Waals surface area (Å²) in [4.78, 5) is 7.25. The van der Waals surface area contributed by atoms with Gasteiger partial charge in [-0.3, -0.25) is 0 Å². The van der Waals surface area contributed by atoms with Gasteiger partial charge in [0.2, 0.25) is 0 Å². The number of nitrogens with one attached hydrogen (secondary N) is 1. The predicted molar refractivity (Wildman–Crippen MR) is 110 cm³/mol. The molecule has 1 aliphatic carbocycles.